The van der Waals surface area contributed by atoms with Crippen LogP contribution in [0.25, 0.3) is 0 Å². The largest absolute Gasteiger partial charge is 0.504 e. The fourth-order valence-corrected chi connectivity index (χ4v) is 3.14. The third-order valence-corrected chi connectivity index (χ3v) is 4.64. The van der Waals surface area contributed by atoms with Gasteiger partial charge in [-0.2, -0.15) is 0 Å². The van der Waals surface area contributed by atoms with Gasteiger partial charge in [-0.15, -0.1) is 0 Å². The Morgan fingerprint density at radius 2 is 2.22 bits per heavy atom. The van der Waals surface area contributed by atoms with Gasteiger partial charge >= 0.3 is 0 Å². The standard InChI is InChI=1S/C18H21N3O2/c1-23-17-5-2-12(8-16(17)22)10-21-7-6-14-9-19-18(13-3-4-13)20-15(14)11-21/h2,5,8-9,13,22H,3-4,6-7,10-11H2,1H3. The quantitative estimate of drug-likeness (QED) is 0.940. The Bertz CT molecular complexity index is 728. The Morgan fingerprint density at radius 1 is 1.35 bits per heavy atom. The summed E-state index contributed by atoms with van der Waals surface area (Å²) in [7, 11) is 1.56. The molecule has 1 aliphatic carbocycles. The highest BCUT2D eigenvalue weighted by Crippen LogP contribution is 2.38. The summed E-state index contributed by atoms with van der Waals surface area (Å²) in [6, 6.07) is 5.60. The van der Waals surface area contributed by atoms with E-state index < -0.39 is 0 Å². The van der Waals surface area contributed by atoms with E-state index in [2.05, 4.69) is 9.88 Å². The molecule has 4 rings (SSSR count). The topological polar surface area (TPSA) is 58.5 Å². The van der Waals surface area contributed by atoms with Crippen LogP contribution in [0.5, 0.6) is 11.5 Å². The van der Waals surface area contributed by atoms with E-state index in [-0.39, 0.29) is 5.75 Å². The predicted octanol–water partition coefficient (Wildman–Crippen LogP) is 2.63. The van der Waals surface area contributed by atoms with E-state index in [1.54, 1.807) is 13.2 Å². The molecule has 1 fully saturated rings. The molecule has 1 N–H and O–H groups in total. The third kappa shape index (κ3) is 3.01. The summed E-state index contributed by atoms with van der Waals surface area (Å²) in [5, 5.41) is 9.92. The number of fused-ring (bicyclic) bond motifs is 1. The van der Waals surface area contributed by atoms with Crippen LogP contribution < -0.4 is 4.74 Å². The van der Waals surface area contributed by atoms with Crippen molar-refractivity contribution in [3.8, 4) is 11.5 Å². The molecule has 1 aromatic carbocycles. The maximum absolute atomic E-state index is 9.92. The molecule has 5 heteroatoms. The van der Waals surface area contributed by atoms with E-state index in [0.717, 1.165) is 37.4 Å². The van der Waals surface area contributed by atoms with Crippen molar-refractivity contribution in [2.75, 3.05) is 13.7 Å². The van der Waals surface area contributed by atoms with Crippen molar-refractivity contribution in [1.29, 1.82) is 0 Å². The monoisotopic (exact) mass is 311 g/mol. The zero-order valence-electron chi connectivity index (χ0n) is 13.3. The summed E-state index contributed by atoms with van der Waals surface area (Å²) in [6.07, 6.45) is 5.47. The Morgan fingerprint density at radius 3 is 2.96 bits per heavy atom. The molecule has 23 heavy (non-hydrogen) atoms. The molecule has 0 radical (unpaired) electrons. The second-order valence-corrected chi connectivity index (χ2v) is 6.44. The molecule has 2 aromatic rings. The number of nitrogens with zero attached hydrogens (tertiary/aromatic N) is 3. The van der Waals surface area contributed by atoms with Crippen LogP contribution in [-0.4, -0.2) is 33.6 Å². The van der Waals surface area contributed by atoms with Crippen molar-refractivity contribution in [2.24, 2.45) is 0 Å². The maximum atomic E-state index is 9.92. The zero-order chi connectivity index (χ0) is 15.8. The first-order chi connectivity index (χ1) is 11.2. The van der Waals surface area contributed by atoms with Gasteiger partial charge in [0.25, 0.3) is 0 Å². The SMILES string of the molecule is COc1ccc(CN2CCc3cnc(C4CC4)nc3C2)cc1O. The first kappa shape index (κ1) is 14.5. The molecule has 2 aliphatic rings. The van der Waals surface area contributed by atoms with Crippen LogP contribution in [0.15, 0.2) is 24.4 Å². The number of benzene rings is 1. The molecule has 0 amide bonds. The average molecular weight is 311 g/mol. The Balaban J connectivity index is 1.49. The number of hydrogen-bond donors (Lipinski definition) is 1. The van der Waals surface area contributed by atoms with E-state index in [1.807, 2.05) is 18.3 Å². The van der Waals surface area contributed by atoms with Crippen molar-refractivity contribution in [3.05, 3.63) is 47.0 Å². The van der Waals surface area contributed by atoms with Crippen LogP contribution in [0.1, 0.15) is 41.4 Å². The molecular weight excluding hydrogens is 290 g/mol. The van der Waals surface area contributed by atoms with E-state index in [1.165, 1.54) is 24.1 Å². The van der Waals surface area contributed by atoms with Crippen LogP contribution in [0.2, 0.25) is 0 Å². The Labute approximate surface area is 136 Å². The lowest BCUT2D eigenvalue weighted by molar-refractivity contribution is 0.240. The molecule has 0 spiro atoms. The normalized spacial score (nSPS) is 17.8. The molecule has 5 nitrogen and oxygen atoms in total. The van der Waals surface area contributed by atoms with Gasteiger partial charge in [-0.3, -0.25) is 4.90 Å². The van der Waals surface area contributed by atoms with Crippen LogP contribution in [0.3, 0.4) is 0 Å². The van der Waals surface area contributed by atoms with Gasteiger partial charge in [0.05, 0.1) is 12.8 Å². The molecule has 1 saturated carbocycles. The second kappa shape index (κ2) is 5.81. The first-order valence-corrected chi connectivity index (χ1v) is 8.16. The molecule has 2 heterocycles. The highest BCUT2D eigenvalue weighted by Gasteiger charge is 2.28. The molecular formula is C18H21N3O2. The number of methoxy groups -OCH3 is 1. The van der Waals surface area contributed by atoms with Gasteiger partial charge in [-0.25, -0.2) is 9.97 Å². The maximum Gasteiger partial charge on any atom is 0.160 e. The molecule has 0 bridgehead atoms. The first-order valence-electron chi connectivity index (χ1n) is 8.16. The van der Waals surface area contributed by atoms with E-state index in [0.29, 0.717) is 11.7 Å². The van der Waals surface area contributed by atoms with Crippen LogP contribution >= 0.6 is 0 Å². The molecule has 0 unspecified atom stereocenters. The molecule has 0 atom stereocenters. The summed E-state index contributed by atoms with van der Waals surface area (Å²) >= 11 is 0. The average Bonchev–Trinajstić information content (AvgIpc) is 3.39. The van der Waals surface area contributed by atoms with Crippen molar-refractivity contribution in [3.63, 3.8) is 0 Å². The number of aromatic hydroxyl groups is 1. The number of rotatable bonds is 4. The van der Waals surface area contributed by atoms with Crippen LogP contribution in [0, 0.1) is 0 Å². The number of phenolic OH excluding ortho intramolecular Hbond substituents is 1. The van der Waals surface area contributed by atoms with E-state index in [9.17, 15) is 5.11 Å². The summed E-state index contributed by atoms with van der Waals surface area (Å²) in [5.74, 6) is 2.32. The Hall–Kier alpha value is -2.14. The lowest BCUT2D eigenvalue weighted by Crippen LogP contribution is -2.31. The second-order valence-electron chi connectivity index (χ2n) is 6.44. The van der Waals surface area contributed by atoms with Crippen molar-refractivity contribution < 1.29 is 9.84 Å². The van der Waals surface area contributed by atoms with Gasteiger partial charge in [-0.05, 0) is 42.5 Å². The minimum atomic E-state index is 0.195. The number of ether oxygens (including phenoxy) is 1. The smallest absolute Gasteiger partial charge is 0.160 e. The molecule has 1 aliphatic heterocycles. The van der Waals surface area contributed by atoms with Crippen LogP contribution in [0.4, 0.5) is 0 Å². The fourth-order valence-electron chi connectivity index (χ4n) is 3.14. The van der Waals surface area contributed by atoms with E-state index in [4.69, 9.17) is 9.72 Å². The summed E-state index contributed by atoms with van der Waals surface area (Å²) in [6.45, 7) is 2.65. The molecule has 120 valence electrons. The summed E-state index contributed by atoms with van der Waals surface area (Å²) < 4.78 is 5.10. The number of phenols is 1. The third-order valence-electron chi connectivity index (χ3n) is 4.64. The van der Waals surface area contributed by atoms with Gasteiger partial charge < -0.3 is 9.84 Å². The van der Waals surface area contributed by atoms with Gasteiger partial charge in [0.15, 0.2) is 11.5 Å². The molecule has 0 saturated heterocycles. The number of aromatic nitrogens is 2. The minimum absolute atomic E-state index is 0.195. The van der Waals surface area contributed by atoms with Gasteiger partial charge in [-0.1, -0.05) is 6.07 Å². The Kier molecular flexibility index (Phi) is 3.65. The van der Waals surface area contributed by atoms with Gasteiger partial charge in [0, 0.05) is 31.7 Å². The lowest BCUT2D eigenvalue weighted by Gasteiger charge is -2.28. The lowest BCUT2D eigenvalue weighted by atomic mass is 10.1. The van der Waals surface area contributed by atoms with Crippen molar-refractivity contribution >= 4 is 0 Å². The number of hydrogen-bond acceptors (Lipinski definition) is 5. The van der Waals surface area contributed by atoms with E-state index >= 15 is 0 Å². The zero-order valence-corrected chi connectivity index (χ0v) is 13.3. The highest BCUT2D eigenvalue weighted by molar-refractivity contribution is 5.41. The van der Waals surface area contributed by atoms with Crippen LogP contribution in [-0.2, 0) is 19.5 Å². The van der Waals surface area contributed by atoms with Gasteiger partial charge in [0.2, 0.25) is 0 Å². The summed E-state index contributed by atoms with van der Waals surface area (Å²) in [4.78, 5) is 11.7. The van der Waals surface area contributed by atoms with Crippen molar-refractivity contribution in [2.45, 2.75) is 38.3 Å². The molecule has 1 aromatic heterocycles. The minimum Gasteiger partial charge on any atom is -0.504 e. The fraction of sp³-hybridized carbons (Fsp3) is 0.444. The van der Waals surface area contributed by atoms with Crippen molar-refractivity contribution in [1.82, 2.24) is 14.9 Å². The highest BCUT2D eigenvalue weighted by atomic mass is 16.5. The predicted molar refractivity (Wildman–Crippen MR) is 86.5 cm³/mol. The summed E-state index contributed by atoms with van der Waals surface area (Å²) in [5.41, 5.74) is 3.54. The van der Waals surface area contributed by atoms with Gasteiger partial charge in [0.1, 0.15) is 5.82 Å².